The minimum atomic E-state index is -4.18. The van der Waals surface area contributed by atoms with Gasteiger partial charge in [0.25, 0.3) is 10.0 Å². The van der Waals surface area contributed by atoms with Crippen molar-refractivity contribution < 1.29 is 18.0 Å². The zero-order chi connectivity index (χ0) is 31.5. The Morgan fingerprint density at radius 1 is 0.841 bits per heavy atom. The molecular formula is C35H38ClN3O4S. The first-order valence-corrected chi connectivity index (χ1v) is 16.5. The molecular weight excluding hydrogens is 594 g/mol. The highest BCUT2D eigenvalue weighted by molar-refractivity contribution is 7.92. The minimum absolute atomic E-state index is 0.00199. The zero-order valence-electron chi connectivity index (χ0n) is 25.0. The maximum atomic E-state index is 14.5. The van der Waals surface area contributed by atoms with Crippen LogP contribution >= 0.6 is 11.6 Å². The molecule has 4 aromatic rings. The Labute approximate surface area is 265 Å². The fourth-order valence-electron chi connectivity index (χ4n) is 4.89. The van der Waals surface area contributed by atoms with Crippen LogP contribution in [-0.4, -0.2) is 44.3 Å². The fraction of sp³-hybridized carbons (Fsp3) is 0.257. The number of para-hydroxylation sites is 1. The van der Waals surface area contributed by atoms with E-state index in [2.05, 4.69) is 5.32 Å². The van der Waals surface area contributed by atoms with Crippen LogP contribution in [0.2, 0.25) is 5.02 Å². The lowest BCUT2D eigenvalue weighted by Crippen LogP contribution is -2.53. The van der Waals surface area contributed by atoms with Crippen LogP contribution in [0.3, 0.4) is 0 Å². The minimum Gasteiger partial charge on any atom is -0.354 e. The van der Waals surface area contributed by atoms with Gasteiger partial charge in [0.1, 0.15) is 12.6 Å². The van der Waals surface area contributed by atoms with Crippen molar-refractivity contribution in [3.63, 3.8) is 0 Å². The number of carbonyl (C=O) groups is 2. The van der Waals surface area contributed by atoms with Crippen molar-refractivity contribution in [3.8, 4) is 0 Å². The van der Waals surface area contributed by atoms with E-state index in [0.29, 0.717) is 17.3 Å². The molecule has 7 nitrogen and oxygen atoms in total. The summed E-state index contributed by atoms with van der Waals surface area (Å²) in [4.78, 5) is 29.8. The number of benzene rings is 4. The highest BCUT2D eigenvalue weighted by Crippen LogP contribution is 2.26. The largest absolute Gasteiger partial charge is 0.354 e. The lowest BCUT2D eigenvalue weighted by atomic mass is 10.0. The van der Waals surface area contributed by atoms with Crippen LogP contribution in [0.4, 0.5) is 5.69 Å². The summed E-state index contributed by atoms with van der Waals surface area (Å²) in [6, 6.07) is 30.7. The maximum absolute atomic E-state index is 14.5. The first kappa shape index (κ1) is 32.8. The predicted octanol–water partition coefficient (Wildman–Crippen LogP) is 6.40. The number of anilines is 1. The van der Waals surface area contributed by atoms with E-state index in [1.807, 2.05) is 68.4 Å². The molecule has 44 heavy (non-hydrogen) atoms. The molecule has 0 fully saturated rings. The molecule has 0 aliphatic rings. The van der Waals surface area contributed by atoms with Crippen LogP contribution in [0.15, 0.2) is 114 Å². The second kappa shape index (κ2) is 15.5. The summed E-state index contributed by atoms with van der Waals surface area (Å²) >= 11 is 6.04. The second-order valence-corrected chi connectivity index (χ2v) is 12.9. The lowest BCUT2D eigenvalue weighted by molar-refractivity contribution is -0.140. The Bertz CT molecular complexity index is 1630. The molecule has 4 aromatic carbocycles. The Hall–Kier alpha value is -4.14. The Morgan fingerprint density at radius 3 is 2.09 bits per heavy atom. The molecule has 1 N–H and O–H groups in total. The molecule has 4 rings (SSSR count). The molecule has 0 saturated heterocycles. The smallest absolute Gasteiger partial charge is 0.264 e. The number of aryl methyl sites for hydroxylation is 1. The van der Waals surface area contributed by atoms with Crippen molar-refractivity contribution in [3.05, 3.63) is 131 Å². The van der Waals surface area contributed by atoms with E-state index >= 15 is 0 Å². The zero-order valence-corrected chi connectivity index (χ0v) is 26.6. The summed E-state index contributed by atoms with van der Waals surface area (Å²) in [6.45, 7) is 4.10. The topological polar surface area (TPSA) is 86.8 Å². The summed E-state index contributed by atoms with van der Waals surface area (Å²) in [5, 5.41) is 3.41. The van der Waals surface area contributed by atoms with Crippen LogP contribution in [0.5, 0.6) is 0 Å². The van der Waals surface area contributed by atoms with Gasteiger partial charge in [-0.25, -0.2) is 8.42 Å². The monoisotopic (exact) mass is 631 g/mol. The number of hydrogen-bond donors (Lipinski definition) is 1. The molecule has 0 saturated carbocycles. The van der Waals surface area contributed by atoms with E-state index in [9.17, 15) is 18.0 Å². The number of nitrogens with zero attached hydrogens (tertiary/aromatic N) is 2. The van der Waals surface area contributed by atoms with E-state index in [4.69, 9.17) is 11.6 Å². The summed E-state index contributed by atoms with van der Waals surface area (Å²) in [5.74, 6) is -0.780. The summed E-state index contributed by atoms with van der Waals surface area (Å²) in [6.07, 6.45) is 1.98. The Balaban J connectivity index is 1.78. The van der Waals surface area contributed by atoms with Gasteiger partial charge in [-0.15, -0.1) is 0 Å². The lowest BCUT2D eigenvalue weighted by Gasteiger charge is -2.34. The van der Waals surface area contributed by atoms with Crippen molar-refractivity contribution in [1.29, 1.82) is 0 Å². The highest BCUT2D eigenvalue weighted by atomic mass is 35.5. The highest BCUT2D eigenvalue weighted by Gasteiger charge is 2.34. The third-order valence-electron chi connectivity index (χ3n) is 7.43. The first-order valence-electron chi connectivity index (χ1n) is 14.7. The standard InChI is InChI=1S/C35H38ClN3O4S/c1-3-4-23-37-35(41)33(24-28-14-7-5-8-15-28)38(25-29-16-12-11-13-27(29)2)34(40)26-39(31-17-9-6-10-18-31)44(42,43)32-21-19-30(36)20-22-32/h5-22,33H,3-4,23-26H2,1-2H3,(H,37,41)/t33-/m1/s1. The van der Waals surface area contributed by atoms with E-state index < -0.39 is 28.5 Å². The number of amides is 2. The predicted molar refractivity (Wildman–Crippen MR) is 176 cm³/mol. The van der Waals surface area contributed by atoms with Crippen LogP contribution < -0.4 is 9.62 Å². The fourth-order valence-corrected chi connectivity index (χ4v) is 6.43. The third kappa shape index (κ3) is 8.49. The molecule has 2 amide bonds. The van der Waals surface area contributed by atoms with Crippen molar-refractivity contribution >= 4 is 39.1 Å². The van der Waals surface area contributed by atoms with Gasteiger partial charge in [0.15, 0.2) is 0 Å². The van der Waals surface area contributed by atoms with Gasteiger partial charge >= 0.3 is 0 Å². The molecule has 0 aliphatic heterocycles. The number of nitrogens with one attached hydrogen (secondary N) is 1. The normalized spacial score (nSPS) is 11.9. The molecule has 0 radical (unpaired) electrons. The third-order valence-corrected chi connectivity index (χ3v) is 9.47. The molecule has 9 heteroatoms. The second-order valence-electron chi connectivity index (χ2n) is 10.6. The molecule has 230 valence electrons. The molecule has 0 heterocycles. The van der Waals surface area contributed by atoms with Crippen LogP contribution in [0.1, 0.15) is 36.5 Å². The molecule has 0 spiro atoms. The number of rotatable bonds is 14. The van der Waals surface area contributed by atoms with Gasteiger partial charge in [-0.3, -0.25) is 13.9 Å². The SMILES string of the molecule is CCCCNC(=O)[C@@H](Cc1ccccc1)N(Cc1ccccc1C)C(=O)CN(c1ccccc1)S(=O)(=O)c1ccc(Cl)cc1. The molecule has 0 aliphatic carbocycles. The van der Waals surface area contributed by atoms with Crippen molar-refractivity contribution in [2.75, 3.05) is 17.4 Å². The number of carbonyl (C=O) groups excluding carboxylic acids is 2. The van der Waals surface area contributed by atoms with Gasteiger partial charge in [0.2, 0.25) is 11.8 Å². The molecule has 0 unspecified atom stereocenters. The number of sulfonamides is 1. The van der Waals surface area contributed by atoms with Gasteiger partial charge in [-0.2, -0.15) is 0 Å². The summed E-state index contributed by atoms with van der Waals surface area (Å²) in [5.41, 5.74) is 3.05. The van der Waals surface area contributed by atoms with Gasteiger partial charge in [0, 0.05) is 24.5 Å². The van der Waals surface area contributed by atoms with Gasteiger partial charge < -0.3 is 10.2 Å². The van der Waals surface area contributed by atoms with Crippen LogP contribution in [0.25, 0.3) is 0 Å². The molecule has 0 bridgehead atoms. The van der Waals surface area contributed by atoms with Crippen molar-refractivity contribution in [2.24, 2.45) is 0 Å². The van der Waals surface area contributed by atoms with Gasteiger partial charge in [-0.1, -0.05) is 97.7 Å². The number of unbranched alkanes of at least 4 members (excludes halogenated alkanes) is 1. The molecule has 1 atom stereocenters. The summed E-state index contributed by atoms with van der Waals surface area (Å²) < 4.78 is 29.1. The number of hydrogen-bond acceptors (Lipinski definition) is 4. The quantitative estimate of drug-likeness (QED) is 0.163. The van der Waals surface area contributed by atoms with E-state index in [-0.39, 0.29) is 23.8 Å². The first-order chi connectivity index (χ1) is 21.2. The van der Waals surface area contributed by atoms with E-state index in [0.717, 1.165) is 33.8 Å². The van der Waals surface area contributed by atoms with E-state index in [1.54, 1.807) is 30.3 Å². The average Bonchev–Trinajstić information content (AvgIpc) is 3.03. The van der Waals surface area contributed by atoms with Gasteiger partial charge in [0.05, 0.1) is 10.6 Å². The maximum Gasteiger partial charge on any atom is 0.264 e. The molecule has 0 aromatic heterocycles. The average molecular weight is 632 g/mol. The van der Waals surface area contributed by atoms with E-state index in [1.165, 1.54) is 29.2 Å². The van der Waals surface area contributed by atoms with Crippen LogP contribution in [0, 0.1) is 6.92 Å². The Kier molecular flexibility index (Phi) is 11.6. The van der Waals surface area contributed by atoms with Crippen molar-refractivity contribution in [1.82, 2.24) is 10.2 Å². The van der Waals surface area contributed by atoms with Crippen molar-refractivity contribution in [2.45, 2.75) is 50.6 Å². The Morgan fingerprint density at radius 2 is 1.45 bits per heavy atom. The van der Waals surface area contributed by atoms with Crippen LogP contribution in [-0.2, 0) is 32.6 Å². The van der Waals surface area contributed by atoms with Gasteiger partial charge in [-0.05, 0) is 66.4 Å². The number of halogens is 1. The summed E-state index contributed by atoms with van der Waals surface area (Å²) in [7, 11) is -4.18.